The van der Waals surface area contributed by atoms with E-state index in [9.17, 15) is 9.59 Å². The maximum atomic E-state index is 13.2. The Kier molecular flexibility index (Phi) is 4.74. The Bertz CT molecular complexity index is 1460. The molecule has 0 unspecified atom stereocenters. The van der Waals surface area contributed by atoms with Crippen LogP contribution in [0.1, 0.15) is 30.4 Å². The fourth-order valence-corrected chi connectivity index (χ4v) is 3.87. The Morgan fingerprint density at radius 3 is 2.55 bits per heavy atom. The quantitative estimate of drug-likeness (QED) is 0.462. The van der Waals surface area contributed by atoms with E-state index in [1.165, 1.54) is 4.57 Å². The summed E-state index contributed by atoms with van der Waals surface area (Å²) in [4.78, 5) is 38.7. The van der Waals surface area contributed by atoms with E-state index in [0.717, 1.165) is 23.3 Å². The molecule has 8 heteroatoms. The molecule has 0 aliphatic carbocycles. The zero-order chi connectivity index (χ0) is 21.4. The lowest BCUT2D eigenvalue weighted by Crippen LogP contribution is -2.40. The van der Waals surface area contributed by atoms with Crippen LogP contribution in [0.15, 0.2) is 70.5 Å². The van der Waals surface area contributed by atoms with Crippen molar-refractivity contribution in [1.29, 1.82) is 0 Å². The smallest absolute Gasteiger partial charge is 0.333 e. The highest BCUT2D eigenvalue weighted by atomic mass is 16.2. The molecule has 0 radical (unpaired) electrons. The number of hydrogen-bond donors (Lipinski definition) is 1. The Morgan fingerprint density at radius 1 is 0.968 bits per heavy atom. The molecular formula is C23H22N6O2. The molecule has 0 aliphatic rings. The van der Waals surface area contributed by atoms with E-state index in [4.69, 9.17) is 0 Å². The first-order chi connectivity index (χ1) is 15.1. The first-order valence-electron chi connectivity index (χ1n) is 10.3. The van der Waals surface area contributed by atoms with Crippen molar-refractivity contribution in [1.82, 2.24) is 28.5 Å². The third-order valence-electron chi connectivity index (χ3n) is 5.30. The van der Waals surface area contributed by atoms with Crippen LogP contribution in [0.5, 0.6) is 0 Å². The van der Waals surface area contributed by atoms with Gasteiger partial charge in [0.25, 0.3) is 5.56 Å². The van der Waals surface area contributed by atoms with Crippen LogP contribution in [0.4, 0.5) is 0 Å². The number of nitrogens with zero attached hydrogens (tertiary/aromatic N) is 5. The predicted octanol–water partition coefficient (Wildman–Crippen LogP) is 2.58. The summed E-state index contributed by atoms with van der Waals surface area (Å²) in [5.41, 5.74) is 2.64. The Labute approximate surface area is 177 Å². The van der Waals surface area contributed by atoms with E-state index in [1.54, 1.807) is 4.57 Å². The van der Waals surface area contributed by atoms with Gasteiger partial charge in [-0.3, -0.25) is 13.9 Å². The predicted molar refractivity (Wildman–Crippen MR) is 118 cm³/mol. The highest BCUT2D eigenvalue weighted by Crippen LogP contribution is 2.12. The number of aryl methyl sites for hydroxylation is 1. The molecule has 0 fully saturated rings. The second kappa shape index (κ2) is 7.71. The van der Waals surface area contributed by atoms with Gasteiger partial charge in [0.15, 0.2) is 5.65 Å². The summed E-state index contributed by atoms with van der Waals surface area (Å²) in [5.74, 6) is 0.609. The molecule has 5 rings (SSSR count). The summed E-state index contributed by atoms with van der Waals surface area (Å²) < 4.78 is 4.81. The molecule has 0 bridgehead atoms. The number of hydrogen-bond acceptors (Lipinski definition) is 4. The summed E-state index contributed by atoms with van der Waals surface area (Å²) in [6, 6.07) is 15.3. The van der Waals surface area contributed by atoms with Gasteiger partial charge >= 0.3 is 5.69 Å². The fraction of sp³-hybridized carbons (Fsp3) is 0.217. The van der Waals surface area contributed by atoms with Gasteiger partial charge in [0.05, 0.1) is 12.2 Å². The third kappa shape index (κ3) is 3.46. The van der Waals surface area contributed by atoms with Gasteiger partial charge in [-0.25, -0.2) is 14.8 Å². The van der Waals surface area contributed by atoms with Gasteiger partial charge in [-0.1, -0.05) is 43.3 Å². The highest BCUT2D eigenvalue weighted by Gasteiger charge is 2.18. The number of fused-ring (bicyclic) bond motifs is 2. The fourth-order valence-electron chi connectivity index (χ4n) is 3.87. The van der Waals surface area contributed by atoms with E-state index < -0.39 is 0 Å². The van der Waals surface area contributed by atoms with Gasteiger partial charge in [-0.15, -0.1) is 0 Å². The van der Waals surface area contributed by atoms with Crippen LogP contribution in [-0.2, 0) is 19.5 Å². The molecule has 0 saturated carbocycles. The monoisotopic (exact) mass is 414 g/mol. The van der Waals surface area contributed by atoms with E-state index in [0.29, 0.717) is 30.0 Å². The molecule has 1 aromatic carbocycles. The van der Waals surface area contributed by atoms with Crippen molar-refractivity contribution >= 4 is 16.8 Å². The highest BCUT2D eigenvalue weighted by molar-refractivity contribution is 5.70. The van der Waals surface area contributed by atoms with Crippen LogP contribution in [-0.4, -0.2) is 28.5 Å². The molecule has 0 atom stereocenters. The zero-order valence-electron chi connectivity index (χ0n) is 17.2. The molecule has 0 spiro atoms. The van der Waals surface area contributed by atoms with Crippen molar-refractivity contribution < 1.29 is 0 Å². The van der Waals surface area contributed by atoms with Crippen LogP contribution < -0.4 is 11.2 Å². The van der Waals surface area contributed by atoms with Gasteiger partial charge in [0.1, 0.15) is 17.0 Å². The lowest BCUT2D eigenvalue weighted by molar-refractivity contribution is 0.589. The minimum absolute atomic E-state index is 0.221. The van der Waals surface area contributed by atoms with Crippen LogP contribution in [0.25, 0.3) is 16.8 Å². The molecule has 31 heavy (non-hydrogen) atoms. The maximum Gasteiger partial charge on any atom is 0.333 e. The van der Waals surface area contributed by atoms with Gasteiger partial charge in [-0.2, -0.15) is 0 Å². The number of pyridine rings is 1. The molecule has 0 saturated heterocycles. The van der Waals surface area contributed by atoms with Crippen LogP contribution in [0.3, 0.4) is 0 Å². The molecule has 4 aromatic heterocycles. The number of nitrogens with one attached hydrogen (secondary N) is 1. The van der Waals surface area contributed by atoms with Crippen LogP contribution in [0.2, 0.25) is 0 Å². The number of H-pyrrole nitrogens is 1. The first-order valence-corrected chi connectivity index (χ1v) is 10.3. The van der Waals surface area contributed by atoms with E-state index in [2.05, 4.69) is 15.0 Å². The average molecular weight is 414 g/mol. The number of imidazole rings is 2. The molecule has 4 heterocycles. The number of aromatic nitrogens is 6. The lowest BCUT2D eigenvalue weighted by atomic mass is 10.2. The van der Waals surface area contributed by atoms with Crippen molar-refractivity contribution in [2.24, 2.45) is 0 Å². The van der Waals surface area contributed by atoms with Crippen molar-refractivity contribution in [2.75, 3.05) is 0 Å². The Balaban J connectivity index is 1.60. The van der Waals surface area contributed by atoms with Crippen molar-refractivity contribution in [3.63, 3.8) is 0 Å². The van der Waals surface area contributed by atoms with E-state index >= 15 is 0 Å². The number of aromatic amines is 1. The standard InChI is InChI=1S/C23H22N6O2/c1-2-11-28-21-20(22(30)29(23(28)31)14-16-8-4-3-5-9-16)25-18(26-21)13-17-15-27-12-7-6-10-19(27)24-17/h3-10,12,15H,2,11,13-14H2,1H3,(H,25,26). The molecule has 0 aliphatic heterocycles. The average Bonchev–Trinajstić information content (AvgIpc) is 3.39. The van der Waals surface area contributed by atoms with Crippen molar-refractivity contribution in [3.05, 3.63) is 98.8 Å². The Morgan fingerprint density at radius 2 is 1.77 bits per heavy atom. The SMILES string of the molecule is CCCn1c(=O)n(Cc2ccccc2)c(=O)c2[nH]c(Cc3cn4ccccc4n3)nc21. The molecular weight excluding hydrogens is 392 g/mol. The van der Waals surface area contributed by atoms with Gasteiger partial charge < -0.3 is 9.38 Å². The molecule has 1 N–H and O–H groups in total. The van der Waals surface area contributed by atoms with Gasteiger partial charge in [0, 0.05) is 25.4 Å². The molecule has 5 aromatic rings. The lowest BCUT2D eigenvalue weighted by Gasteiger charge is -2.10. The molecule has 0 amide bonds. The second-order valence-corrected chi connectivity index (χ2v) is 7.57. The minimum Gasteiger partial charge on any atom is -0.336 e. The summed E-state index contributed by atoms with van der Waals surface area (Å²) in [6.45, 7) is 2.71. The largest absolute Gasteiger partial charge is 0.336 e. The summed E-state index contributed by atoms with van der Waals surface area (Å²) in [7, 11) is 0. The summed E-state index contributed by atoms with van der Waals surface area (Å²) in [6.07, 6.45) is 5.07. The van der Waals surface area contributed by atoms with Crippen LogP contribution >= 0.6 is 0 Å². The summed E-state index contributed by atoms with van der Waals surface area (Å²) in [5, 5.41) is 0. The van der Waals surface area contributed by atoms with Gasteiger partial charge in [0.2, 0.25) is 0 Å². The van der Waals surface area contributed by atoms with Crippen molar-refractivity contribution in [3.8, 4) is 0 Å². The van der Waals surface area contributed by atoms with Crippen molar-refractivity contribution in [2.45, 2.75) is 32.9 Å². The molecule has 156 valence electrons. The van der Waals surface area contributed by atoms with Crippen LogP contribution in [0, 0.1) is 0 Å². The normalized spacial score (nSPS) is 11.5. The number of benzene rings is 1. The van der Waals surface area contributed by atoms with Gasteiger partial charge in [-0.05, 0) is 24.1 Å². The zero-order valence-corrected chi connectivity index (χ0v) is 17.2. The van der Waals surface area contributed by atoms with E-state index in [1.807, 2.05) is 72.2 Å². The first kappa shape index (κ1) is 19.0. The Hall–Kier alpha value is -3.94. The topological polar surface area (TPSA) is 90.0 Å². The van der Waals surface area contributed by atoms with E-state index in [-0.39, 0.29) is 17.8 Å². The summed E-state index contributed by atoms with van der Waals surface area (Å²) >= 11 is 0. The number of rotatable bonds is 6. The second-order valence-electron chi connectivity index (χ2n) is 7.57. The molecule has 8 nitrogen and oxygen atoms in total. The maximum absolute atomic E-state index is 13.2. The third-order valence-corrected chi connectivity index (χ3v) is 5.30. The minimum atomic E-state index is -0.357.